The molecule has 7 heteroatoms. The second kappa shape index (κ2) is 7.40. The number of benzene rings is 1. The number of carbonyl (C=O) groups excluding carboxylic acids is 1. The molecule has 2 N–H and O–H groups in total. The Bertz CT molecular complexity index is 447. The molecule has 1 aromatic carbocycles. The van der Waals surface area contributed by atoms with Crippen LogP contribution in [0.3, 0.4) is 0 Å². The number of amides is 2. The van der Waals surface area contributed by atoms with Crippen molar-refractivity contribution in [2.75, 3.05) is 25.5 Å². The molecular formula is C13H18ClF2N3O. The lowest BCUT2D eigenvalue weighted by Crippen LogP contribution is -2.45. The van der Waals surface area contributed by atoms with E-state index in [1.165, 1.54) is 11.0 Å². The highest BCUT2D eigenvalue weighted by atomic mass is 35.5. The van der Waals surface area contributed by atoms with Gasteiger partial charge in [0.1, 0.15) is 17.3 Å². The van der Waals surface area contributed by atoms with Crippen molar-refractivity contribution in [1.82, 2.24) is 10.2 Å². The van der Waals surface area contributed by atoms with E-state index < -0.39 is 23.4 Å². The lowest BCUT2D eigenvalue weighted by atomic mass is 10.1. The molecule has 0 spiro atoms. The highest BCUT2D eigenvalue weighted by Crippen LogP contribution is 2.19. The van der Waals surface area contributed by atoms with E-state index in [-0.39, 0.29) is 18.4 Å². The number of nitrogens with one attached hydrogen (secondary N) is 2. The summed E-state index contributed by atoms with van der Waals surface area (Å²) in [7, 11) is 1.64. The summed E-state index contributed by atoms with van der Waals surface area (Å²) in [5.74, 6) is -1.54. The zero-order chi connectivity index (χ0) is 13.8. The van der Waals surface area contributed by atoms with Gasteiger partial charge in [-0.15, -0.1) is 12.4 Å². The first kappa shape index (κ1) is 16.7. The Morgan fingerprint density at radius 3 is 2.40 bits per heavy atom. The van der Waals surface area contributed by atoms with Gasteiger partial charge in [-0.25, -0.2) is 13.6 Å². The molecule has 0 saturated carbocycles. The van der Waals surface area contributed by atoms with Gasteiger partial charge in [0.2, 0.25) is 0 Å². The topological polar surface area (TPSA) is 44.4 Å². The van der Waals surface area contributed by atoms with Crippen LogP contribution in [-0.4, -0.2) is 37.1 Å². The molecule has 0 unspecified atom stereocenters. The number of anilines is 1. The highest BCUT2D eigenvalue weighted by molar-refractivity contribution is 5.89. The Morgan fingerprint density at radius 1 is 1.30 bits per heavy atom. The Kier molecular flexibility index (Phi) is 6.16. The van der Waals surface area contributed by atoms with Gasteiger partial charge in [0.05, 0.1) is 0 Å². The smallest absolute Gasteiger partial charge is 0.321 e. The lowest BCUT2D eigenvalue weighted by molar-refractivity contribution is 0.189. The predicted molar refractivity (Wildman–Crippen MR) is 76.3 cm³/mol. The van der Waals surface area contributed by atoms with Crippen LogP contribution in [0.25, 0.3) is 0 Å². The molecule has 1 heterocycles. The van der Waals surface area contributed by atoms with Crippen molar-refractivity contribution in [1.29, 1.82) is 0 Å². The summed E-state index contributed by atoms with van der Waals surface area (Å²) in [6.07, 6.45) is 1.67. The van der Waals surface area contributed by atoms with E-state index in [4.69, 9.17) is 0 Å². The van der Waals surface area contributed by atoms with Crippen LogP contribution in [-0.2, 0) is 0 Å². The third-order valence-electron chi connectivity index (χ3n) is 3.37. The summed E-state index contributed by atoms with van der Waals surface area (Å²) in [5, 5.41) is 5.49. The molecule has 2 amide bonds. The standard InChI is InChI=1S/C13H17F2N3O.ClH/c1-18(9-5-7-16-8-6-9)13(19)17-12-10(14)3-2-4-11(12)15;/h2-4,9,16H,5-8H2,1H3,(H,17,19);1H. The summed E-state index contributed by atoms with van der Waals surface area (Å²) < 4.78 is 26.9. The summed E-state index contributed by atoms with van der Waals surface area (Å²) in [5.41, 5.74) is -0.395. The van der Waals surface area contributed by atoms with Crippen LogP contribution in [0.4, 0.5) is 19.3 Å². The number of hydrogen-bond donors (Lipinski definition) is 2. The molecule has 0 aromatic heterocycles. The van der Waals surface area contributed by atoms with Crippen molar-refractivity contribution in [2.45, 2.75) is 18.9 Å². The van der Waals surface area contributed by atoms with Crippen molar-refractivity contribution >= 4 is 24.1 Å². The second-order valence-electron chi connectivity index (χ2n) is 4.62. The third-order valence-corrected chi connectivity index (χ3v) is 3.37. The minimum absolute atomic E-state index is 0. The van der Waals surface area contributed by atoms with E-state index in [1.54, 1.807) is 7.05 Å². The summed E-state index contributed by atoms with van der Waals surface area (Å²) in [6.45, 7) is 1.69. The maximum absolute atomic E-state index is 13.4. The maximum Gasteiger partial charge on any atom is 0.321 e. The molecule has 1 fully saturated rings. The monoisotopic (exact) mass is 305 g/mol. The van der Waals surface area contributed by atoms with Gasteiger partial charge in [-0.3, -0.25) is 0 Å². The van der Waals surface area contributed by atoms with E-state index in [9.17, 15) is 13.6 Å². The minimum Gasteiger partial charge on any atom is -0.325 e. The molecule has 0 atom stereocenters. The van der Waals surface area contributed by atoms with Crippen LogP contribution in [0.15, 0.2) is 18.2 Å². The normalized spacial score (nSPS) is 15.3. The summed E-state index contributed by atoms with van der Waals surface area (Å²) in [4.78, 5) is 13.5. The second-order valence-corrected chi connectivity index (χ2v) is 4.62. The average Bonchev–Trinajstić information content (AvgIpc) is 2.43. The van der Waals surface area contributed by atoms with Crippen LogP contribution < -0.4 is 10.6 Å². The van der Waals surface area contributed by atoms with Crippen LogP contribution >= 0.6 is 12.4 Å². The molecule has 2 rings (SSSR count). The summed E-state index contributed by atoms with van der Waals surface area (Å²) >= 11 is 0. The maximum atomic E-state index is 13.4. The van der Waals surface area contributed by atoms with Gasteiger partial charge in [-0.05, 0) is 38.1 Å². The molecule has 20 heavy (non-hydrogen) atoms. The number of para-hydroxylation sites is 1. The molecule has 1 aromatic rings. The first-order chi connectivity index (χ1) is 9.09. The number of halogens is 3. The minimum atomic E-state index is -0.771. The van der Waals surface area contributed by atoms with Crippen LogP contribution in [0, 0.1) is 11.6 Å². The number of rotatable bonds is 2. The van der Waals surface area contributed by atoms with E-state index >= 15 is 0 Å². The largest absolute Gasteiger partial charge is 0.325 e. The molecule has 4 nitrogen and oxygen atoms in total. The van der Waals surface area contributed by atoms with Crippen molar-refractivity contribution in [3.05, 3.63) is 29.8 Å². The van der Waals surface area contributed by atoms with Crippen molar-refractivity contribution in [2.24, 2.45) is 0 Å². The van der Waals surface area contributed by atoms with Gasteiger partial charge in [-0.2, -0.15) is 0 Å². The Labute approximate surface area is 122 Å². The van der Waals surface area contributed by atoms with E-state index in [2.05, 4.69) is 10.6 Å². The van der Waals surface area contributed by atoms with Crippen LogP contribution in [0.1, 0.15) is 12.8 Å². The van der Waals surface area contributed by atoms with Gasteiger partial charge < -0.3 is 15.5 Å². The zero-order valence-electron chi connectivity index (χ0n) is 11.2. The first-order valence-corrected chi connectivity index (χ1v) is 6.28. The molecule has 1 saturated heterocycles. The van der Waals surface area contributed by atoms with Gasteiger partial charge in [0, 0.05) is 13.1 Å². The van der Waals surface area contributed by atoms with Crippen LogP contribution in [0.5, 0.6) is 0 Å². The van der Waals surface area contributed by atoms with Gasteiger partial charge >= 0.3 is 6.03 Å². The first-order valence-electron chi connectivity index (χ1n) is 6.28. The number of urea groups is 1. The number of carbonyl (C=O) groups is 1. The van der Waals surface area contributed by atoms with Crippen molar-refractivity contribution in [3.8, 4) is 0 Å². The van der Waals surface area contributed by atoms with E-state index in [0.29, 0.717) is 0 Å². The fraction of sp³-hybridized carbons (Fsp3) is 0.462. The number of hydrogen-bond acceptors (Lipinski definition) is 2. The molecule has 0 aliphatic carbocycles. The molecule has 112 valence electrons. The lowest BCUT2D eigenvalue weighted by Gasteiger charge is -2.31. The Balaban J connectivity index is 0.00000200. The fourth-order valence-corrected chi connectivity index (χ4v) is 2.17. The Hall–Kier alpha value is -1.40. The van der Waals surface area contributed by atoms with Crippen molar-refractivity contribution < 1.29 is 13.6 Å². The van der Waals surface area contributed by atoms with Crippen LogP contribution in [0.2, 0.25) is 0 Å². The SMILES string of the molecule is CN(C(=O)Nc1c(F)cccc1F)C1CCNCC1.Cl. The molecular weight excluding hydrogens is 288 g/mol. The van der Waals surface area contributed by atoms with E-state index in [1.807, 2.05) is 0 Å². The quantitative estimate of drug-likeness (QED) is 0.882. The number of piperidine rings is 1. The van der Waals surface area contributed by atoms with Gasteiger partial charge in [-0.1, -0.05) is 6.07 Å². The predicted octanol–water partition coefficient (Wildman–Crippen LogP) is 2.60. The summed E-state index contributed by atoms with van der Waals surface area (Å²) in [6, 6.07) is 3.09. The van der Waals surface area contributed by atoms with E-state index in [0.717, 1.165) is 38.1 Å². The number of nitrogens with zero attached hydrogens (tertiary/aromatic N) is 1. The van der Waals surface area contributed by atoms with Crippen molar-refractivity contribution in [3.63, 3.8) is 0 Å². The fourth-order valence-electron chi connectivity index (χ4n) is 2.17. The zero-order valence-corrected chi connectivity index (χ0v) is 12.0. The van der Waals surface area contributed by atoms with Gasteiger partial charge in [0.25, 0.3) is 0 Å². The highest BCUT2D eigenvalue weighted by Gasteiger charge is 2.23. The average molecular weight is 306 g/mol. The molecule has 1 aliphatic heterocycles. The molecule has 1 aliphatic rings. The molecule has 0 radical (unpaired) electrons. The van der Waals surface area contributed by atoms with Gasteiger partial charge in [0.15, 0.2) is 0 Å². The molecule has 0 bridgehead atoms. The Morgan fingerprint density at radius 2 is 1.85 bits per heavy atom. The third kappa shape index (κ3) is 3.80.